The van der Waals surface area contributed by atoms with Gasteiger partial charge < -0.3 is 10.1 Å². The normalized spacial score (nSPS) is 24.1. The van der Waals surface area contributed by atoms with E-state index in [0.717, 1.165) is 19.4 Å². The molecule has 1 aromatic rings. The smallest absolute Gasteiger partial charge is 0.244 e. The van der Waals surface area contributed by atoms with Crippen molar-refractivity contribution in [2.75, 3.05) is 13.7 Å². The predicted octanol–water partition coefficient (Wildman–Crippen LogP) is 1.11. The molecule has 2 unspecified atom stereocenters. The highest BCUT2D eigenvalue weighted by atomic mass is 32.2. The molecular formula is C13H20N2O3S. The second-order valence-electron chi connectivity index (χ2n) is 4.85. The Labute approximate surface area is 114 Å². The van der Waals surface area contributed by atoms with Gasteiger partial charge in [0.2, 0.25) is 10.0 Å². The lowest BCUT2D eigenvalue weighted by molar-refractivity contribution is 0.360. The van der Waals surface area contributed by atoms with Gasteiger partial charge in [-0.05, 0) is 38.4 Å². The molecule has 1 heterocycles. The van der Waals surface area contributed by atoms with E-state index in [4.69, 9.17) is 4.74 Å². The van der Waals surface area contributed by atoms with E-state index in [2.05, 4.69) is 17.0 Å². The molecule has 0 radical (unpaired) electrons. The highest BCUT2D eigenvalue weighted by molar-refractivity contribution is 7.89. The van der Waals surface area contributed by atoms with E-state index in [-0.39, 0.29) is 10.9 Å². The molecule has 6 heteroatoms. The molecular weight excluding hydrogens is 264 g/mol. The van der Waals surface area contributed by atoms with Crippen LogP contribution in [-0.2, 0) is 10.0 Å². The Morgan fingerprint density at radius 3 is 2.79 bits per heavy atom. The summed E-state index contributed by atoms with van der Waals surface area (Å²) in [5, 5.41) is 3.30. The molecule has 2 atom stereocenters. The van der Waals surface area contributed by atoms with Crippen LogP contribution >= 0.6 is 0 Å². The minimum atomic E-state index is -3.53. The Morgan fingerprint density at radius 2 is 2.11 bits per heavy atom. The van der Waals surface area contributed by atoms with Gasteiger partial charge in [-0.15, -0.1) is 0 Å². The minimum Gasteiger partial charge on any atom is -0.495 e. The fraction of sp³-hybridized carbons (Fsp3) is 0.538. The molecule has 19 heavy (non-hydrogen) atoms. The first-order chi connectivity index (χ1) is 9.03. The highest BCUT2D eigenvalue weighted by Crippen LogP contribution is 2.23. The summed E-state index contributed by atoms with van der Waals surface area (Å²) >= 11 is 0. The number of piperidine rings is 1. The van der Waals surface area contributed by atoms with E-state index in [9.17, 15) is 8.42 Å². The van der Waals surface area contributed by atoms with Gasteiger partial charge in [0.15, 0.2) is 0 Å². The van der Waals surface area contributed by atoms with Crippen LogP contribution < -0.4 is 14.8 Å². The van der Waals surface area contributed by atoms with Crippen molar-refractivity contribution in [3.05, 3.63) is 24.3 Å². The van der Waals surface area contributed by atoms with Gasteiger partial charge in [0, 0.05) is 12.1 Å². The third-order valence-corrected chi connectivity index (χ3v) is 4.86. The van der Waals surface area contributed by atoms with Crippen LogP contribution in [0.3, 0.4) is 0 Å². The summed E-state index contributed by atoms with van der Waals surface area (Å²) in [4.78, 5) is 0.198. The lowest BCUT2D eigenvalue weighted by Gasteiger charge is -2.28. The molecule has 0 aliphatic carbocycles. The second kappa shape index (κ2) is 5.90. The largest absolute Gasteiger partial charge is 0.495 e. The van der Waals surface area contributed by atoms with Crippen LogP contribution in [0, 0.1) is 0 Å². The third kappa shape index (κ3) is 3.46. The van der Waals surface area contributed by atoms with Gasteiger partial charge in [0.1, 0.15) is 10.6 Å². The summed E-state index contributed by atoms with van der Waals surface area (Å²) < 4.78 is 32.6. The van der Waals surface area contributed by atoms with Crippen LogP contribution in [0.2, 0.25) is 0 Å². The maximum absolute atomic E-state index is 12.4. The van der Waals surface area contributed by atoms with Crippen molar-refractivity contribution in [1.82, 2.24) is 10.0 Å². The average molecular weight is 284 g/mol. The Morgan fingerprint density at radius 1 is 1.37 bits per heavy atom. The molecule has 106 valence electrons. The Bertz CT molecular complexity index is 530. The summed E-state index contributed by atoms with van der Waals surface area (Å²) in [6.07, 6.45) is 1.60. The zero-order chi connectivity index (χ0) is 13.9. The number of rotatable bonds is 4. The first-order valence-electron chi connectivity index (χ1n) is 6.41. The summed E-state index contributed by atoms with van der Waals surface area (Å²) in [6, 6.07) is 6.98. The van der Waals surface area contributed by atoms with Gasteiger partial charge in [-0.1, -0.05) is 12.1 Å². The van der Waals surface area contributed by atoms with Crippen molar-refractivity contribution in [1.29, 1.82) is 0 Å². The number of para-hydroxylation sites is 1. The first-order valence-corrected chi connectivity index (χ1v) is 7.90. The first kappa shape index (κ1) is 14.3. The van der Waals surface area contributed by atoms with E-state index < -0.39 is 10.0 Å². The molecule has 0 saturated carbocycles. The molecule has 1 aliphatic rings. The van der Waals surface area contributed by atoms with Crippen LogP contribution in [0.1, 0.15) is 19.8 Å². The van der Waals surface area contributed by atoms with E-state index >= 15 is 0 Å². The van der Waals surface area contributed by atoms with Crippen LogP contribution in [0.5, 0.6) is 5.75 Å². The standard InChI is InChI=1S/C13H20N2O3S/c1-10-9-11(7-8-14-10)15-19(16,17)13-6-4-3-5-12(13)18-2/h3-6,10-11,14-15H,7-9H2,1-2H3. The monoisotopic (exact) mass is 284 g/mol. The molecule has 1 aromatic carbocycles. The van der Waals surface area contributed by atoms with Crippen molar-refractivity contribution >= 4 is 10.0 Å². The number of hydrogen-bond donors (Lipinski definition) is 2. The molecule has 1 aliphatic heterocycles. The Kier molecular flexibility index (Phi) is 4.44. The second-order valence-corrected chi connectivity index (χ2v) is 6.53. The fourth-order valence-electron chi connectivity index (χ4n) is 2.36. The van der Waals surface area contributed by atoms with Gasteiger partial charge in [-0.2, -0.15) is 0 Å². The summed E-state index contributed by atoms with van der Waals surface area (Å²) in [5.41, 5.74) is 0. The molecule has 0 spiro atoms. The number of sulfonamides is 1. The van der Waals surface area contributed by atoms with E-state index in [1.807, 2.05) is 0 Å². The van der Waals surface area contributed by atoms with Gasteiger partial charge >= 0.3 is 0 Å². The number of ether oxygens (including phenoxy) is 1. The number of hydrogen-bond acceptors (Lipinski definition) is 4. The number of nitrogens with one attached hydrogen (secondary N) is 2. The zero-order valence-electron chi connectivity index (χ0n) is 11.2. The summed E-state index contributed by atoms with van der Waals surface area (Å²) in [7, 11) is -2.06. The van der Waals surface area contributed by atoms with Crippen LogP contribution in [0.4, 0.5) is 0 Å². The summed E-state index contributed by atoms with van der Waals surface area (Å²) in [5.74, 6) is 0.372. The Hall–Kier alpha value is -1.11. The Balaban J connectivity index is 2.18. The highest BCUT2D eigenvalue weighted by Gasteiger charge is 2.26. The minimum absolute atomic E-state index is 0.0221. The van der Waals surface area contributed by atoms with Crippen LogP contribution in [-0.4, -0.2) is 34.2 Å². The van der Waals surface area contributed by atoms with Gasteiger partial charge in [-0.25, -0.2) is 13.1 Å². The summed E-state index contributed by atoms with van der Waals surface area (Å²) in [6.45, 7) is 2.89. The molecule has 1 saturated heterocycles. The van der Waals surface area contributed by atoms with Gasteiger partial charge in [0.05, 0.1) is 7.11 Å². The van der Waals surface area contributed by atoms with E-state index in [0.29, 0.717) is 11.8 Å². The molecule has 0 bridgehead atoms. The van der Waals surface area contributed by atoms with Crippen LogP contribution in [0.25, 0.3) is 0 Å². The average Bonchev–Trinajstić information content (AvgIpc) is 2.38. The van der Waals surface area contributed by atoms with E-state index in [1.165, 1.54) is 7.11 Å². The van der Waals surface area contributed by atoms with Crippen molar-refractivity contribution in [3.63, 3.8) is 0 Å². The van der Waals surface area contributed by atoms with Crippen molar-refractivity contribution in [3.8, 4) is 5.75 Å². The molecule has 0 amide bonds. The maximum Gasteiger partial charge on any atom is 0.244 e. The SMILES string of the molecule is COc1ccccc1S(=O)(=O)NC1CCNC(C)C1. The van der Waals surface area contributed by atoms with Crippen molar-refractivity contribution in [2.45, 2.75) is 36.7 Å². The zero-order valence-corrected chi connectivity index (χ0v) is 12.0. The van der Waals surface area contributed by atoms with Crippen molar-refractivity contribution in [2.24, 2.45) is 0 Å². The number of benzene rings is 1. The predicted molar refractivity (Wildman–Crippen MR) is 73.8 cm³/mol. The lowest BCUT2D eigenvalue weighted by Crippen LogP contribution is -2.46. The molecule has 2 N–H and O–H groups in total. The maximum atomic E-state index is 12.4. The van der Waals surface area contributed by atoms with Gasteiger partial charge in [0.25, 0.3) is 0 Å². The molecule has 1 fully saturated rings. The topological polar surface area (TPSA) is 67.4 Å². The lowest BCUT2D eigenvalue weighted by atomic mass is 10.0. The molecule has 2 rings (SSSR count). The third-order valence-electron chi connectivity index (χ3n) is 3.30. The molecule has 5 nitrogen and oxygen atoms in total. The quantitative estimate of drug-likeness (QED) is 0.869. The van der Waals surface area contributed by atoms with Crippen LogP contribution in [0.15, 0.2) is 29.2 Å². The fourth-order valence-corrected chi connectivity index (χ4v) is 3.82. The van der Waals surface area contributed by atoms with E-state index in [1.54, 1.807) is 24.3 Å². The van der Waals surface area contributed by atoms with Gasteiger partial charge in [-0.3, -0.25) is 0 Å². The molecule has 0 aromatic heterocycles. The van der Waals surface area contributed by atoms with Crippen molar-refractivity contribution < 1.29 is 13.2 Å². The number of methoxy groups -OCH3 is 1.